The molecule has 24 heavy (non-hydrogen) atoms. The van der Waals surface area contributed by atoms with Gasteiger partial charge in [0.15, 0.2) is 11.5 Å². The van der Waals surface area contributed by atoms with Gasteiger partial charge in [-0.3, -0.25) is 4.90 Å². The third kappa shape index (κ3) is 5.72. The van der Waals surface area contributed by atoms with Crippen molar-refractivity contribution in [1.29, 1.82) is 0 Å². The van der Waals surface area contributed by atoms with E-state index < -0.39 is 18.6 Å². The third-order valence-corrected chi connectivity index (χ3v) is 3.89. The van der Waals surface area contributed by atoms with Crippen molar-refractivity contribution in [3.05, 3.63) is 23.8 Å². The first-order valence-electron chi connectivity index (χ1n) is 7.77. The number of piperazine rings is 1. The Bertz CT molecular complexity index is 509. The van der Waals surface area contributed by atoms with E-state index in [0.717, 1.165) is 0 Å². The average Bonchev–Trinajstić information content (AvgIpc) is 2.53. The molecule has 1 aliphatic heterocycles. The van der Waals surface area contributed by atoms with Crippen LogP contribution in [0.4, 0.5) is 13.2 Å². The number of methoxy groups -OCH3 is 1. The predicted molar refractivity (Wildman–Crippen MR) is 89.3 cm³/mol. The molecule has 138 valence electrons. The number of nitrogens with zero attached hydrogens (tertiary/aromatic N) is 1. The third-order valence-electron chi connectivity index (χ3n) is 3.89. The smallest absolute Gasteiger partial charge is 0.390 e. The topological polar surface area (TPSA) is 33.7 Å². The highest BCUT2D eigenvalue weighted by molar-refractivity contribution is 5.85. The molecule has 1 aliphatic rings. The molecule has 2 rings (SSSR count). The van der Waals surface area contributed by atoms with E-state index in [1.54, 1.807) is 18.2 Å². The van der Waals surface area contributed by atoms with Gasteiger partial charge in [-0.2, -0.15) is 13.2 Å². The number of hydrogen-bond acceptors (Lipinski definition) is 4. The highest BCUT2D eigenvalue weighted by Gasteiger charge is 2.36. The van der Waals surface area contributed by atoms with Gasteiger partial charge in [0.05, 0.1) is 20.1 Å². The SMILES string of the molecule is CCOc1ccc([C@@H](CC(F)(F)F)N2CCNCC2)cc1OC.Cl. The van der Waals surface area contributed by atoms with Gasteiger partial charge in [0.2, 0.25) is 0 Å². The Hall–Kier alpha value is -1.18. The molecule has 0 unspecified atom stereocenters. The van der Waals surface area contributed by atoms with E-state index in [-0.39, 0.29) is 12.4 Å². The van der Waals surface area contributed by atoms with Crippen molar-refractivity contribution in [2.45, 2.75) is 25.6 Å². The minimum absolute atomic E-state index is 0. The van der Waals surface area contributed by atoms with E-state index >= 15 is 0 Å². The monoisotopic (exact) mass is 368 g/mol. The van der Waals surface area contributed by atoms with Crippen molar-refractivity contribution in [1.82, 2.24) is 10.2 Å². The molecule has 1 atom stereocenters. The largest absolute Gasteiger partial charge is 0.493 e. The Kier molecular flexibility index (Phi) is 8.12. The van der Waals surface area contributed by atoms with Crippen LogP contribution < -0.4 is 14.8 Å². The number of nitrogens with one attached hydrogen (secondary N) is 1. The molecule has 1 saturated heterocycles. The maximum absolute atomic E-state index is 13.0. The fraction of sp³-hybridized carbons (Fsp3) is 0.625. The van der Waals surface area contributed by atoms with Gasteiger partial charge in [0.25, 0.3) is 0 Å². The second-order valence-corrected chi connectivity index (χ2v) is 5.46. The van der Waals surface area contributed by atoms with Crippen LogP contribution in [-0.4, -0.2) is 51.0 Å². The molecule has 1 N–H and O–H groups in total. The molecule has 0 bridgehead atoms. The zero-order chi connectivity index (χ0) is 16.9. The van der Waals surface area contributed by atoms with Crippen LogP contribution >= 0.6 is 12.4 Å². The van der Waals surface area contributed by atoms with Crippen molar-refractivity contribution in [2.24, 2.45) is 0 Å². The van der Waals surface area contributed by atoms with E-state index in [2.05, 4.69) is 5.32 Å². The normalized spacial score (nSPS) is 17.0. The van der Waals surface area contributed by atoms with E-state index in [1.807, 2.05) is 11.8 Å². The van der Waals surface area contributed by atoms with Crippen molar-refractivity contribution in [3.63, 3.8) is 0 Å². The first kappa shape index (κ1) is 20.9. The van der Waals surface area contributed by atoms with Crippen molar-refractivity contribution in [3.8, 4) is 11.5 Å². The van der Waals surface area contributed by atoms with Crippen LogP contribution in [0.25, 0.3) is 0 Å². The summed E-state index contributed by atoms with van der Waals surface area (Å²) in [6.07, 6.45) is -5.09. The maximum Gasteiger partial charge on any atom is 0.390 e. The molecule has 0 aliphatic carbocycles. The van der Waals surface area contributed by atoms with E-state index in [1.165, 1.54) is 7.11 Å². The molecular formula is C16H24ClF3N2O2. The number of ether oxygens (including phenoxy) is 2. The number of rotatable bonds is 6. The van der Waals surface area contributed by atoms with Crippen molar-refractivity contribution >= 4 is 12.4 Å². The molecule has 0 radical (unpaired) electrons. The molecular weight excluding hydrogens is 345 g/mol. The second kappa shape index (κ2) is 9.34. The van der Waals surface area contributed by atoms with Gasteiger partial charge in [0.1, 0.15) is 0 Å². The van der Waals surface area contributed by atoms with Crippen molar-refractivity contribution < 1.29 is 22.6 Å². The van der Waals surface area contributed by atoms with Crippen LogP contribution in [0.1, 0.15) is 24.9 Å². The minimum atomic E-state index is -4.22. The summed E-state index contributed by atoms with van der Waals surface area (Å²) >= 11 is 0. The Morgan fingerprint density at radius 3 is 2.42 bits per heavy atom. The highest BCUT2D eigenvalue weighted by atomic mass is 35.5. The first-order chi connectivity index (χ1) is 10.9. The Morgan fingerprint density at radius 1 is 1.21 bits per heavy atom. The summed E-state index contributed by atoms with van der Waals surface area (Å²) in [4.78, 5) is 1.87. The minimum Gasteiger partial charge on any atom is -0.493 e. The summed E-state index contributed by atoms with van der Waals surface area (Å²) in [5.74, 6) is 1.01. The van der Waals surface area contributed by atoms with Gasteiger partial charge in [0, 0.05) is 32.2 Å². The summed E-state index contributed by atoms with van der Waals surface area (Å²) in [6, 6.07) is 4.33. The van der Waals surface area contributed by atoms with Crippen LogP contribution in [0, 0.1) is 0 Å². The van der Waals surface area contributed by atoms with Crippen LogP contribution in [-0.2, 0) is 0 Å². The summed E-state index contributed by atoms with van der Waals surface area (Å²) in [7, 11) is 1.49. The van der Waals surface area contributed by atoms with Gasteiger partial charge in [-0.15, -0.1) is 12.4 Å². The van der Waals surface area contributed by atoms with Crippen LogP contribution in [0.5, 0.6) is 11.5 Å². The van der Waals surface area contributed by atoms with Crippen LogP contribution in [0.15, 0.2) is 18.2 Å². The van der Waals surface area contributed by atoms with Gasteiger partial charge in [-0.25, -0.2) is 0 Å². The van der Waals surface area contributed by atoms with Crippen LogP contribution in [0.2, 0.25) is 0 Å². The van der Waals surface area contributed by atoms with E-state index in [0.29, 0.717) is 49.8 Å². The van der Waals surface area contributed by atoms with E-state index in [4.69, 9.17) is 9.47 Å². The van der Waals surface area contributed by atoms with Crippen molar-refractivity contribution in [2.75, 3.05) is 39.9 Å². The van der Waals surface area contributed by atoms with E-state index in [9.17, 15) is 13.2 Å². The quantitative estimate of drug-likeness (QED) is 0.834. The molecule has 0 saturated carbocycles. The Morgan fingerprint density at radius 2 is 1.88 bits per heavy atom. The molecule has 1 aromatic rings. The standard InChI is InChI=1S/C16H23F3N2O2.ClH/c1-3-23-14-5-4-12(10-15(14)22-2)13(11-16(17,18)19)21-8-6-20-7-9-21;/h4-5,10,13,20H,3,6-9,11H2,1-2H3;1H/t13-;/m1./s1. The van der Waals surface area contributed by atoms with Gasteiger partial charge in [-0.05, 0) is 24.6 Å². The summed E-state index contributed by atoms with van der Waals surface area (Å²) < 4.78 is 49.8. The second-order valence-electron chi connectivity index (χ2n) is 5.46. The Labute approximate surface area is 146 Å². The summed E-state index contributed by atoms with van der Waals surface area (Å²) in [6.45, 7) is 4.90. The molecule has 0 aromatic heterocycles. The highest BCUT2D eigenvalue weighted by Crippen LogP contribution is 2.37. The fourth-order valence-electron chi connectivity index (χ4n) is 2.84. The molecule has 0 spiro atoms. The lowest BCUT2D eigenvalue weighted by atomic mass is 10.00. The predicted octanol–water partition coefficient (Wildman–Crippen LogP) is 3.41. The maximum atomic E-state index is 13.0. The average molecular weight is 369 g/mol. The van der Waals surface area contributed by atoms with Gasteiger partial charge < -0.3 is 14.8 Å². The zero-order valence-electron chi connectivity index (χ0n) is 13.9. The lowest BCUT2D eigenvalue weighted by Gasteiger charge is -2.35. The summed E-state index contributed by atoms with van der Waals surface area (Å²) in [5, 5.41) is 3.16. The zero-order valence-corrected chi connectivity index (χ0v) is 14.7. The number of benzene rings is 1. The Balaban J connectivity index is 0.00000288. The first-order valence-corrected chi connectivity index (χ1v) is 7.77. The molecule has 8 heteroatoms. The molecule has 1 heterocycles. The number of halogens is 4. The molecule has 4 nitrogen and oxygen atoms in total. The lowest BCUT2D eigenvalue weighted by molar-refractivity contribution is -0.148. The summed E-state index contributed by atoms with van der Waals surface area (Å²) in [5.41, 5.74) is 0.601. The molecule has 1 aromatic carbocycles. The number of alkyl halides is 3. The fourth-order valence-corrected chi connectivity index (χ4v) is 2.84. The van der Waals surface area contributed by atoms with Gasteiger partial charge in [-0.1, -0.05) is 6.07 Å². The van der Waals surface area contributed by atoms with Gasteiger partial charge >= 0.3 is 6.18 Å². The lowest BCUT2D eigenvalue weighted by Crippen LogP contribution is -2.46. The number of hydrogen-bond donors (Lipinski definition) is 1. The molecule has 1 fully saturated rings. The molecule has 0 amide bonds. The van der Waals surface area contributed by atoms with Crippen LogP contribution in [0.3, 0.4) is 0 Å².